The van der Waals surface area contributed by atoms with Crippen molar-refractivity contribution >= 4 is 11.8 Å². The molecule has 0 aliphatic heterocycles. The number of thioether (sulfide) groups is 1. The van der Waals surface area contributed by atoms with E-state index in [0.29, 0.717) is 5.75 Å². The maximum Gasteiger partial charge on any atom is 0.167 e. The number of aromatic nitrogens is 2. The van der Waals surface area contributed by atoms with Gasteiger partial charge < -0.3 is 9.67 Å². The minimum absolute atomic E-state index is 0.178. The zero-order valence-electron chi connectivity index (χ0n) is 7.34. The van der Waals surface area contributed by atoms with Gasteiger partial charge in [0.1, 0.15) is 0 Å². The van der Waals surface area contributed by atoms with Crippen LogP contribution in [-0.4, -0.2) is 26.5 Å². The van der Waals surface area contributed by atoms with Crippen LogP contribution in [0.15, 0.2) is 17.6 Å². The Morgan fingerprint density at radius 1 is 1.85 bits per heavy atom. The number of hydrogen-bond donors (Lipinski definition) is 1. The largest absolute Gasteiger partial charge is 0.391 e. The number of aliphatic hydroxyl groups is 1. The van der Waals surface area contributed by atoms with E-state index in [-0.39, 0.29) is 6.42 Å². The Morgan fingerprint density at radius 2 is 2.62 bits per heavy atom. The van der Waals surface area contributed by atoms with E-state index in [0.717, 1.165) is 5.16 Å². The van der Waals surface area contributed by atoms with E-state index in [2.05, 4.69) is 4.98 Å². The number of nitriles is 1. The Bertz CT molecular complexity index is 305. The van der Waals surface area contributed by atoms with E-state index in [9.17, 15) is 5.11 Å². The fourth-order valence-corrected chi connectivity index (χ4v) is 1.69. The van der Waals surface area contributed by atoms with Crippen molar-refractivity contribution in [2.75, 3.05) is 5.75 Å². The third kappa shape index (κ3) is 3.09. The van der Waals surface area contributed by atoms with E-state index < -0.39 is 6.10 Å². The molecular weight excluding hydrogens is 186 g/mol. The van der Waals surface area contributed by atoms with Crippen LogP contribution in [0.25, 0.3) is 0 Å². The number of imidazole rings is 1. The molecule has 0 aliphatic carbocycles. The Kier molecular flexibility index (Phi) is 3.80. The molecule has 0 radical (unpaired) electrons. The molecule has 0 spiro atoms. The smallest absolute Gasteiger partial charge is 0.167 e. The van der Waals surface area contributed by atoms with Crippen LogP contribution >= 0.6 is 11.8 Å². The maximum absolute atomic E-state index is 9.26. The standard InChI is InChI=1S/C8H11N3OS/c1-11-5-4-10-8(11)13-6-7(12)2-3-9/h4-5,7,12H,2,6H2,1H3/t7-/m1/s1. The Labute approximate surface area is 81.2 Å². The summed E-state index contributed by atoms with van der Waals surface area (Å²) in [5, 5.41) is 18.4. The summed E-state index contributed by atoms with van der Waals surface area (Å²) in [6, 6.07) is 1.92. The van der Waals surface area contributed by atoms with E-state index in [4.69, 9.17) is 5.26 Å². The molecule has 0 unspecified atom stereocenters. The predicted octanol–water partition coefficient (Wildman–Crippen LogP) is 0.787. The zero-order valence-corrected chi connectivity index (χ0v) is 8.16. The van der Waals surface area contributed by atoms with Crippen molar-refractivity contribution in [1.82, 2.24) is 9.55 Å². The summed E-state index contributed by atoms with van der Waals surface area (Å²) in [4.78, 5) is 4.08. The highest BCUT2D eigenvalue weighted by Gasteiger charge is 2.06. The predicted molar refractivity (Wildman–Crippen MR) is 50.2 cm³/mol. The first kappa shape index (κ1) is 10.1. The average molecular weight is 197 g/mol. The van der Waals surface area contributed by atoms with Gasteiger partial charge in [-0.1, -0.05) is 11.8 Å². The summed E-state index contributed by atoms with van der Waals surface area (Å²) in [5.41, 5.74) is 0. The molecule has 0 saturated carbocycles. The van der Waals surface area contributed by atoms with Gasteiger partial charge in [-0.2, -0.15) is 5.26 Å². The van der Waals surface area contributed by atoms with E-state index >= 15 is 0 Å². The van der Waals surface area contributed by atoms with Crippen LogP contribution in [0, 0.1) is 11.3 Å². The monoisotopic (exact) mass is 197 g/mol. The summed E-state index contributed by atoms with van der Waals surface area (Å²) >= 11 is 1.45. The second-order valence-corrected chi connectivity index (χ2v) is 3.63. The minimum atomic E-state index is -0.563. The van der Waals surface area contributed by atoms with Crippen molar-refractivity contribution in [3.8, 4) is 6.07 Å². The van der Waals surface area contributed by atoms with Crippen molar-refractivity contribution in [3.63, 3.8) is 0 Å². The average Bonchev–Trinajstić information content (AvgIpc) is 2.48. The molecule has 1 heterocycles. The van der Waals surface area contributed by atoms with Crippen molar-refractivity contribution < 1.29 is 5.11 Å². The van der Waals surface area contributed by atoms with Gasteiger partial charge in [0.25, 0.3) is 0 Å². The van der Waals surface area contributed by atoms with Gasteiger partial charge in [0.15, 0.2) is 5.16 Å². The van der Waals surface area contributed by atoms with Crippen molar-refractivity contribution in [3.05, 3.63) is 12.4 Å². The molecule has 0 fully saturated rings. The van der Waals surface area contributed by atoms with Crippen LogP contribution in [0.3, 0.4) is 0 Å². The highest BCUT2D eigenvalue weighted by Crippen LogP contribution is 2.15. The molecule has 1 atom stereocenters. The third-order valence-corrected chi connectivity index (χ3v) is 2.71. The summed E-state index contributed by atoms with van der Waals surface area (Å²) < 4.78 is 1.88. The molecule has 0 bridgehead atoms. The summed E-state index contributed by atoms with van der Waals surface area (Å²) in [5.74, 6) is 0.512. The van der Waals surface area contributed by atoms with Crippen molar-refractivity contribution in [1.29, 1.82) is 5.26 Å². The summed E-state index contributed by atoms with van der Waals surface area (Å²) in [6.07, 6.45) is 3.17. The van der Waals surface area contributed by atoms with E-state index in [1.165, 1.54) is 11.8 Å². The zero-order chi connectivity index (χ0) is 9.68. The maximum atomic E-state index is 9.26. The molecule has 70 valence electrons. The molecular formula is C8H11N3OS. The first-order valence-corrected chi connectivity index (χ1v) is 4.87. The van der Waals surface area contributed by atoms with E-state index in [1.54, 1.807) is 6.20 Å². The number of rotatable bonds is 4. The lowest BCUT2D eigenvalue weighted by Crippen LogP contribution is -2.08. The first-order valence-electron chi connectivity index (χ1n) is 3.89. The lowest BCUT2D eigenvalue weighted by Gasteiger charge is -2.04. The number of aliphatic hydroxyl groups excluding tert-OH is 1. The Morgan fingerprint density at radius 3 is 3.15 bits per heavy atom. The third-order valence-electron chi connectivity index (χ3n) is 1.51. The van der Waals surface area contributed by atoms with Gasteiger partial charge in [-0.15, -0.1) is 0 Å². The van der Waals surface area contributed by atoms with Crippen LogP contribution in [0.1, 0.15) is 6.42 Å². The molecule has 5 heteroatoms. The minimum Gasteiger partial charge on any atom is -0.391 e. The van der Waals surface area contributed by atoms with Crippen LogP contribution in [0.5, 0.6) is 0 Å². The van der Waals surface area contributed by atoms with Crippen LogP contribution in [-0.2, 0) is 7.05 Å². The fraction of sp³-hybridized carbons (Fsp3) is 0.500. The normalized spacial score (nSPS) is 12.4. The molecule has 13 heavy (non-hydrogen) atoms. The van der Waals surface area contributed by atoms with Gasteiger partial charge in [0, 0.05) is 25.2 Å². The SMILES string of the molecule is Cn1ccnc1SC[C@H](O)CC#N. The van der Waals surface area contributed by atoms with Crippen molar-refractivity contribution in [2.24, 2.45) is 7.05 Å². The number of aryl methyl sites for hydroxylation is 1. The highest BCUT2D eigenvalue weighted by molar-refractivity contribution is 7.99. The Balaban J connectivity index is 2.36. The number of nitrogens with zero attached hydrogens (tertiary/aromatic N) is 3. The number of hydrogen-bond acceptors (Lipinski definition) is 4. The molecule has 0 aromatic carbocycles. The van der Waals surface area contributed by atoms with Gasteiger partial charge in [-0.05, 0) is 0 Å². The van der Waals surface area contributed by atoms with E-state index in [1.807, 2.05) is 23.9 Å². The van der Waals surface area contributed by atoms with Gasteiger partial charge >= 0.3 is 0 Å². The van der Waals surface area contributed by atoms with Crippen LogP contribution < -0.4 is 0 Å². The quantitative estimate of drug-likeness (QED) is 0.725. The lowest BCUT2D eigenvalue weighted by molar-refractivity contribution is 0.205. The topological polar surface area (TPSA) is 61.8 Å². The molecule has 1 N–H and O–H groups in total. The van der Waals surface area contributed by atoms with Gasteiger partial charge in [0.05, 0.1) is 18.6 Å². The fourth-order valence-electron chi connectivity index (χ4n) is 0.826. The molecule has 0 aliphatic rings. The molecule has 1 aromatic rings. The molecule has 0 saturated heterocycles. The Hall–Kier alpha value is -0.990. The van der Waals surface area contributed by atoms with Gasteiger partial charge in [-0.3, -0.25) is 0 Å². The van der Waals surface area contributed by atoms with Crippen LogP contribution in [0.4, 0.5) is 0 Å². The second kappa shape index (κ2) is 4.90. The highest BCUT2D eigenvalue weighted by atomic mass is 32.2. The van der Waals surface area contributed by atoms with Crippen molar-refractivity contribution in [2.45, 2.75) is 17.7 Å². The van der Waals surface area contributed by atoms with Crippen LogP contribution in [0.2, 0.25) is 0 Å². The second-order valence-electron chi connectivity index (χ2n) is 2.65. The molecule has 1 aromatic heterocycles. The summed E-state index contributed by atoms with van der Waals surface area (Å²) in [7, 11) is 1.89. The molecule has 1 rings (SSSR count). The lowest BCUT2D eigenvalue weighted by atomic mass is 10.3. The summed E-state index contributed by atoms with van der Waals surface area (Å²) in [6.45, 7) is 0. The van der Waals surface area contributed by atoms with Gasteiger partial charge in [-0.25, -0.2) is 4.98 Å². The van der Waals surface area contributed by atoms with Gasteiger partial charge in [0.2, 0.25) is 0 Å². The molecule has 0 amide bonds. The molecule has 4 nitrogen and oxygen atoms in total. The first-order chi connectivity index (χ1) is 6.24.